The van der Waals surface area contributed by atoms with Gasteiger partial charge in [0.05, 0.1) is 0 Å². The molecule has 0 heteroatoms. The quantitative estimate of drug-likeness (QED) is 0.633. The second-order valence-corrected chi connectivity index (χ2v) is 5.07. The van der Waals surface area contributed by atoms with Crippen molar-refractivity contribution in [3.63, 3.8) is 0 Å². The molecule has 0 heterocycles. The fourth-order valence-corrected chi connectivity index (χ4v) is 3.21. The van der Waals surface area contributed by atoms with Crippen LogP contribution < -0.4 is 0 Å². The highest BCUT2D eigenvalue weighted by Crippen LogP contribution is 2.50. The molecule has 2 aliphatic rings. The van der Waals surface area contributed by atoms with Crippen LogP contribution in [0.3, 0.4) is 0 Å². The number of allylic oxidation sites excluding steroid dienone is 2. The van der Waals surface area contributed by atoms with Crippen molar-refractivity contribution in [2.24, 2.45) is 5.92 Å². The highest BCUT2D eigenvalue weighted by atomic mass is 14.5. The van der Waals surface area contributed by atoms with Crippen LogP contribution in [0, 0.1) is 5.92 Å². The van der Waals surface area contributed by atoms with Crippen LogP contribution in [0.4, 0.5) is 0 Å². The zero-order chi connectivity index (χ0) is 10.3. The first-order valence-electron chi connectivity index (χ1n) is 6.11. The lowest BCUT2D eigenvalue weighted by Crippen LogP contribution is -2.17. The molecule has 0 spiro atoms. The van der Waals surface area contributed by atoms with E-state index < -0.39 is 0 Å². The average Bonchev–Trinajstić information content (AvgIpc) is 2.90. The lowest BCUT2D eigenvalue weighted by molar-refractivity contribution is 0.566. The van der Waals surface area contributed by atoms with Crippen LogP contribution in [0.25, 0.3) is 0 Å². The molecule has 0 N–H and O–H groups in total. The Bertz CT molecular complexity index is 402. The first-order chi connectivity index (χ1) is 7.32. The maximum absolute atomic E-state index is 2.47. The third kappa shape index (κ3) is 1.35. The van der Waals surface area contributed by atoms with Gasteiger partial charge in [0.2, 0.25) is 0 Å². The summed E-state index contributed by atoms with van der Waals surface area (Å²) in [5.74, 6) is 0.871. The predicted octanol–water partition coefficient (Wildman–Crippen LogP) is 3.86. The fraction of sp³-hybridized carbons (Fsp3) is 0.467. The van der Waals surface area contributed by atoms with E-state index in [4.69, 9.17) is 0 Å². The van der Waals surface area contributed by atoms with Gasteiger partial charge in [0.1, 0.15) is 0 Å². The monoisotopic (exact) mass is 198 g/mol. The van der Waals surface area contributed by atoms with Gasteiger partial charge in [0, 0.05) is 5.41 Å². The highest BCUT2D eigenvalue weighted by molar-refractivity contribution is 5.39. The van der Waals surface area contributed by atoms with Gasteiger partial charge >= 0.3 is 0 Å². The molecule has 1 aromatic carbocycles. The van der Waals surface area contributed by atoms with E-state index in [1.807, 2.05) is 0 Å². The highest BCUT2D eigenvalue weighted by Gasteiger charge is 2.41. The maximum Gasteiger partial charge on any atom is 0.0138 e. The molecule has 2 bridgehead atoms. The van der Waals surface area contributed by atoms with E-state index in [1.54, 1.807) is 5.56 Å². The van der Waals surface area contributed by atoms with E-state index in [0.717, 1.165) is 12.3 Å². The Morgan fingerprint density at radius 1 is 1.40 bits per heavy atom. The summed E-state index contributed by atoms with van der Waals surface area (Å²) in [5, 5.41) is 0. The Morgan fingerprint density at radius 2 is 2.33 bits per heavy atom. The first kappa shape index (κ1) is 9.21. The van der Waals surface area contributed by atoms with Crippen molar-refractivity contribution in [3.05, 3.63) is 47.5 Å². The summed E-state index contributed by atoms with van der Waals surface area (Å²) >= 11 is 0. The van der Waals surface area contributed by atoms with E-state index in [9.17, 15) is 0 Å². The Balaban J connectivity index is 2.02. The molecule has 0 saturated heterocycles. The molecule has 3 rings (SSSR count). The van der Waals surface area contributed by atoms with Crippen molar-refractivity contribution < 1.29 is 0 Å². The van der Waals surface area contributed by atoms with Gasteiger partial charge in [-0.25, -0.2) is 0 Å². The summed E-state index contributed by atoms with van der Waals surface area (Å²) in [4.78, 5) is 0. The molecule has 1 fully saturated rings. The molecule has 1 aromatic rings. The van der Waals surface area contributed by atoms with E-state index in [-0.39, 0.29) is 0 Å². The molecule has 2 aliphatic carbocycles. The zero-order valence-electron chi connectivity index (χ0n) is 9.37. The molecule has 0 radical (unpaired) electrons. The van der Waals surface area contributed by atoms with Crippen molar-refractivity contribution in [2.45, 2.75) is 38.0 Å². The standard InChI is InChI=1S/C15H18/c1-2-12-4-3-5-14(10-12)15-8-6-13(11-15)7-9-15/h3-6,8,10,13H,2,7,9,11H2,1H3. The number of benzene rings is 1. The van der Waals surface area contributed by atoms with Crippen molar-refractivity contribution in [1.29, 1.82) is 0 Å². The molecule has 0 amide bonds. The first-order valence-corrected chi connectivity index (χ1v) is 6.11. The molecule has 15 heavy (non-hydrogen) atoms. The predicted molar refractivity (Wildman–Crippen MR) is 64.0 cm³/mol. The Labute approximate surface area is 92.0 Å². The number of hydrogen-bond acceptors (Lipinski definition) is 0. The van der Waals surface area contributed by atoms with Crippen LogP contribution in [0.1, 0.15) is 37.3 Å². The largest absolute Gasteiger partial charge is 0.0845 e. The van der Waals surface area contributed by atoms with E-state index >= 15 is 0 Å². The zero-order valence-corrected chi connectivity index (χ0v) is 9.37. The molecular weight excluding hydrogens is 180 g/mol. The Morgan fingerprint density at radius 3 is 2.93 bits per heavy atom. The van der Waals surface area contributed by atoms with Crippen molar-refractivity contribution in [1.82, 2.24) is 0 Å². The van der Waals surface area contributed by atoms with Crippen molar-refractivity contribution in [2.75, 3.05) is 0 Å². The van der Waals surface area contributed by atoms with Gasteiger partial charge in [-0.15, -0.1) is 0 Å². The van der Waals surface area contributed by atoms with E-state index in [0.29, 0.717) is 5.41 Å². The minimum Gasteiger partial charge on any atom is -0.0845 e. The normalized spacial score (nSPS) is 32.5. The van der Waals surface area contributed by atoms with Gasteiger partial charge < -0.3 is 0 Å². The fourth-order valence-electron chi connectivity index (χ4n) is 3.21. The smallest absolute Gasteiger partial charge is 0.0138 e. The van der Waals surface area contributed by atoms with Gasteiger partial charge in [-0.05, 0) is 42.7 Å². The van der Waals surface area contributed by atoms with Gasteiger partial charge in [-0.1, -0.05) is 43.3 Å². The molecule has 78 valence electrons. The maximum atomic E-state index is 2.47. The van der Waals surface area contributed by atoms with Crippen molar-refractivity contribution >= 4 is 0 Å². The molecule has 0 aliphatic heterocycles. The van der Waals surface area contributed by atoms with Crippen LogP contribution in [0.2, 0.25) is 0 Å². The van der Waals surface area contributed by atoms with Crippen LogP contribution in [-0.4, -0.2) is 0 Å². The lowest BCUT2D eigenvalue weighted by atomic mass is 9.79. The lowest BCUT2D eigenvalue weighted by Gasteiger charge is -2.24. The molecule has 0 nitrogen and oxygen atoms in total. The number of hydrogen-bond donors (Lipinski definition) is 0. The van der Waals surface area contributed by atoms with E-state index in [2.05, 4.69) is 43.3 Å². The summed E-state index contributed by atoms with van der Waals surface area (Å²) in [6.07, 6.45) is 10.2. The summed E-state index contributed by atoms with van der Waals surface area (Å²) in [5.41, 5.74) is 3.44. The topological polar surface area (TPSA) is 0 Å². The van der Waals surface area contributed by atoms with Crippen LogP contribution >= 0.6 is 0 Å². The van der Waals surface area contributed by atoms with Gasteiger partial charge in [0.15, 0.2) is 0 Å². The van der Waals surface area contributed by atoms with Crippen LogP contribution in [0.5, 0.6) is 0 Å². The molecule has 2 unspecified atom stereocenters. The number of aryl methyl sites for hydroxylation is 1. The summed E-state index contributed by atoms with van der Waals surface area (Å²) < 4.78 is 0. The minimum absolute atomic E-state index is 0.413. The van der Waals surface area contributed by atoms with E-state index in [1.165, 1.54) is 24.8 Å². The van der Waals surface area contributed by atoms with Gasteiger partial charge in [-0.2, -0.15) is 0 Å². The molecule has 2 atom stereocenters. The van der Waals surface area contributed by atoms with Gasteiger partial charge in [-0.3, -0.25) is 0 Å². The molecular formula is C15H18. The van der Waals surface area contributed by atoms with Crippen LogP contribution in [-0.2, 0) is 11.8 Å². The third-order valence-corrected chi connectivity index (χ3v) is 4.19. The second kappa shape index (κ2) is 3.23. The minimum atomic E-state index is 0.413. The summed E-state index contributed by atoms with van der Waals surface area (Å²) in [6.45, 7) is 2.23. The molecule has 0 aromatic heterocycles. The van der Waals surface area contributed by atoms with Crippen LogP contribution in [0.15, 0.2) is 36.4 Å². The Hall–Kier alpha value is -1.04. The summed E-state index contributed by atoms with van der Waals surface area (Å²) in [6, 6.07) is 9.20. The SMILES string of the molecule is CCc1cccc(C23C=CC(CC2)C3)c1. The second-order valence-electron chi connectivity index (χ2n) is 5.07. The third-order valence-electron chi connectivity index (χ3n) is 4.19. The average molecular weight is 198 g/mol. The van der Waals surface area contributed by atoms with Gasteiger partial charge in [0.25, 0.3) is 0 Å². The molecule has 1 saturated carbocycles. The van der Waals surface area contributed by atoms with Crippen molar-refractivity contribution in [3.8, 4) is 0 Å². The number of fused-ring (bicyclic) bond motifs is 2. The Kier molecular flexibility index (Phi) is 1.98. The summed E-state index contributed by atoms with van der Waals surface area (Å²) in [7, 11) is 0. The number of rotatable bonds is 2.